The van der Waals surface area contributed by atoms with Gasteiger partial charge in [-0.2, -0.15) is 0 Å². The van der Waals surface area contributed by atoms with Crippen LogP contribution in [0.5, 0.6) is 5.75 Å². The van der Waals surface area contributed by atoms with E-state index in [1.165, 1.54) is 0 Å². The van der Waals surface area contributed by atoms with E-state index in [0.29, 0.717) is 5.78 Å². The number of imidazole rings is 1. The Bertz CT molecular complexity index is 1040. The molecule has 0 saturated heterocycles. The Kier molecular flexibility index (Phi) is 3.85. The van der Waals surface area contributed by atoms with E-state index in [0.717, 1.165) is 38.5 Å². The number of thiazole rings is 1. The number of hydrogen-bond acceptors (Lipinski definition) is 6. The number of aryl methyl sites for hydroxylation is 2. The molecule has 25 heavy (non-hydrogen) atoms. The summed E-state index contributed by atoms with van der Waals surface area (Å²) in [4.78, 5) is 14.8. The largest absolute Gasteiger partial charge is 0.497 e. The Morgan fingerprint density at radius 1 is 1.12 bits per heavy atom. The van der Waals surface area contributed by atoms with Crippen molar-refractivity contribution in [1.82, 2.24) is 19.4 Å². The minimum atomic E-state index is 0.687. The van der Waals surface area contributed by atoms with Gasteiger partial charge in [0.2, 0.25) is 5.78 Å². The van der Waals surface area contributed by atoms with Crippen molar-refractivity contribution in [2.75, 3.05) is 12.4 Å². The van der Waals surface area contributed by atoms with Crippen molar-refractivity contribution in [3.8, 4) is 17.1 Å². The zero-order valence-corrected chi connectivity index (χ0v) is 15.0. The van der Waals surface area contributed by atoms with E-state index in [4.69, 9.17) is 9.72 Å². The molecular formula is C18H17N5OS. The van der Waals surface area contributed by atoms with E-state index in [1.807, 2.05) is 47.9 Å². The van der Waals surface area contributed by atoms with Gasteiger partial charge in [-0.05, 0) is 44.2 Å². The molecule has 0 aliphatic rings. The first-order valence-electron chi connectivity index (χ1n) is 7.84. The van der Waals surface area contributed by atoms with Crippen LogP contribution in [0, 0.1) is 13.8 Å². The molecule has 0 bridgehead atoms. The van der Waals surface area contributed by atoms with Gasteiger partial charge in [-0.15, -0.1) is 11.3 Å². The molecule has 7 heteroatoms. The molecule has 0 atom stereocenters. The number of fused-ring (bicyclic) bond motifs is 1. The number of nitrogens with one attached hydrogen (secondary N) is 1. The summed E-state index contributed by atoms with van der Waals surface area (Å²) < 4.78 is 7.17. The van der Waals surface area contributed by atoms with E-state index >= 15 is 0 Å². The fourth-order valence-corrected chi connectivity index (χ4v) is 3.59. The van der Waals surface area contributed by atoms with Crippen LogP contribution in [0.4, 0.5) is 10.8 Å². The third kappa shape index (κ3) is 2.83. The van der Waals surface area contributed by atoms with E-state index in [-0.39, 0.29) is 0 Å². The zero-order valence-electron chi connectivity index (χ0n) is 14.1. The predicted octanol–water partition coefficient (Wildman–Crippen LogP) is 4.22. The van der Waals surface area contributed by atoms with Crippen LogP contribution in [-0.4, -0.2) is 26.5 Å². The van der Waals surface area contributed by atoms with E-state index in [2.05, 4.69) is 22.2 Å². The Morgan fingerprint density at radius 3 is 2.68 bits per heavy atom. The van der Waals surface area contributed by atoms with Gasteiger partial charge in [0.15, 0.2) is 5.13 Å². The number of benzene rings is 1. The highest BCUT2D eigenvalue weighted by Gasteiger charge is 2.17. The van der Waals surface area contributed by atoms with Crippen LogP contribution in [0.25, 0.3) is 17.2 Å². The average molecular weight is 351 g/mol. The van der Waals surface area contributed by atoms with Gasteiger partial charge in [-0.3, -0.25) is 4.40 Å². The lowest BCUT2D eigenvalue weighted by Gasteiger charge is -2.04. The Morgan fingerprint density at radius 2 is 1.92 bits per heavy atom. The molecule has 0 aliphatic carbocycles. The van der Waals surface area contributed by atoms with Crippen LogP contribution in [0.1, 0.15) is 10.6 Å². The van der Waals surface area contributed by atoms with Gasteiger partial charge in [0.05, 0.1) is 18.5 Å². The van der Waals surface area contributed by atoms with Gasteiger partial charge in [-0.25, -0.2) is 15.0 Å². The molecule has 6 nitrogen and oxygen atoms in total. The maximum atomic E-state index is 5.19. The Labute approximate surface area is 149 Å². The van der Waals surface area contributed by atoms with Gasteiger partial charge in [0.1, 0.15) is 11.4 Å². The van der Waals surface area contributed by atoms with Crippen LogP contribution >= 0.6 is 11.3 Å². The number of aromatic nitrogens is 4. The first-order valence-corrected chi connectivity index (χ1v) is 8.66. The summed E-state index contributed by atoms with van der Waals surface area (Å²) in [6.45, 7) is 4.06. The van der Waals surface area contributed by atoms with Crippen LogP contribution in [0.15, 0.2) is 42.7 Å². The predicted molar refractivity (Wildman–Crippen MR) is 99.8 cm³/mol. The van der Waals surface area contributed by atoms with Gasteiger partial charge in [0, 0.05) is 23.0 Å². The van der Waals surface area contributed by atoms with E-state index < -0.39 is 0 Å². The lowest BCUT2D eigenvalue weighted by molar-refractivity contribution is 0.415. The van der Waals surface area contributed by atoms with Crippen molar-refractivity contribution in [2.45, 2.75) is 13.8 Å². The number of anilines is 2. The van der Waals surface area contributed by atoms with Crippen molar-refractivity contribution < 1.29 is 4.74 Å². The molecule has 0 unspecified atom stereocenters. The van der Waals surface area contributed by atoms with Crippen LogP contribution in [-0.2, 0) is 0 Å². The molecule has 126 valence electrons. The molecule has 0 fully saturated rings. The topological polar surface area (TPSA) is 64.3 Å². The second-order valence-electron chi connectivity index (χ2n) is 5.61. The molecule has 3 aromatic heterocycles. The monoisotopic (exact) mass is 351 g/mol. The van der Waals surface area contributed by atoms with Crippen molar-refractivity contribution >= 4 is 27.9 Å². The molecule has 0 amide bonds. The average Bonchev–Trinajstić information content (AvgIpc) is 3.13. The molecule has 0 radical (unpaired) electrons. The maximum Gasteiger partial charge on any atom is 0.234 e. The fourth-order valence-electron chi connectivity index (χ4n) is 2.75. The Hall–Kier alpha value is -2.93. The summed E-state index contributed by atoms with van der Waals surface area (Å²) in [5, 5.41) is 4.20. The Balaban J connectivity index is 1.71. The summed E-state index contributed by atoms with van der Waals surface area (Å²) in [6.07, 6.45) is 3.71. The first-order chi connectivity index (χ1) is 12.2. The molecule has 0 spiro atoms. The maximum absolute atomic E-state index is 5.19. The summed E-state index contributed by atoms with van der Waals surface area (Å²) in [6, 6.07) is 9.68. The lowest BCUT2D eigenvalue weighted by Crippen LogP contribution is -1.93. The standard InChI is InChI=1S/C18H17N5OS/c1-11-16(23-10-4-9-19-17(23)20-11)15-12(2)25-18(22-15)21-13-5-7-14(24-3)8-6-13/h4-10H,1-3H3,(H,21,22). The van der Waals surface area contributed by atoms with Crippen molar-refractivity contribution in [3.05, 3.63) is 53.3 Å². The summed E-state index contributed by atoms with van der Waals surface area (Å²) in [7, 11) is 1.66. The van der Waals surface area contributed by atoms with Crippen LogP contribution in [0.2, 0.25) is 0 Å². The molecule has 4 rings (SSSR count). The molecule has 1 N–H and O–H groups in total. The van der Waals surface area contributed by atoms with Gasteiger partial charge in [-0.1, -0.05) is 0 Å². The third-order valence-corrected chi connectivity index (χ3v) is 4.83. The normalized spacial score (nSPS) is 11.0. The number of hydrogen-bond donors (Lipinski definition) is 1. The number of rotatable bonds is 4. The lowest BCUT2D eigenvalue weighted by atomic mass is 10.2. The van der Waals surface area contributed by atoms with E-state index in [9.17, 15) is 0 Å². The van der Waals surface area contributed by atoms with Crippen molar-refractivity contribution in [2.24, 2.45) is 0 Å². The van der Waals surface area contributed by atoms with E-state index in [1.54, 1.807) is 24.6 Å². The highest BCUT2D eigenvalue weighted by molar-refractivity contribution is 7.16. The minimum Gasteiger partial charge on any atom is -0.497 e. The molecular weight excluding hydrogens is 334 g/mol. The van der Waals surface area contributed by atoms with Gasteiger partial charge in [0.25, 0.3) is 0 Å². The number of ether oxygens (including phenoxy) is 1. The minimum absolute atomic E-state index is 0.687. The fraction of sp³-hybridized carbons (Fsp3) is 0.167. The molecule has 0 aliphatic heterocycles. The summed E-state index contributed by atoms with van der Waals surface area (Å²) in [5.74, 6) is 1.52. The molecule has 4 aromatic rings. The third-order valence-electron chi connectivity index (χ3n) is 3.94. The zero-order chi connectivity index (χ0) is 17.4. The molecule has 0 saturated carbocycles. The molecule has 3 heterocycles. The SMILES string of the molecule is COc1ccc(Nc2nc(-c3c(C)nc4ncccn34)c(C)s2)cc1. The number of methoxy groups -OCH3 is 1. The first kappa shape index (κ1) is 15.6. The quantitative estimate of drug-likeness (QED) is 0.596. The van der Waals surface area contributed by atoms with Crippen molar-refractivity contribution in [3.63, 3.8) is 0 Å². The number of nitrogens with zero attached hydrogens (tertiary/aromatic N) is 4. The van der Waals surface area contributed by atoms with Crippen LogP contribution < -0.4 is 10.1 Å². The van der Waals surface area contributed by atoms with Gasteiger partial charge >= 0.3 is 0 Å². The van der Waals surface area contributed by atoms with Crippen molar-refractivity contribution in [1.29, 1.82) is 0 Å². The highest BCUT2D eigenvalue weighted by atomic mass is 32.1. The highest BCUT2D eigenvalue weighted by Crippen LogP contribution is 2.34. The second kappa shape index (κ2) is 6.18. The summed E-state index contributed by atoms with van der Waals surface area (Å²) >= 11 is 1.62. The molecule has 1 aromatic carbocycles. The van der Waals surface area contributed by atoms with Gasteiger partial charge < -0.3 is 10.1 Å². The van der Waals surface area contributed by atoms with Crippen LogP contribution in [0.3, 0.4) is 0 Å². The smallest absolute Gasteiger partial charge is 0.234 e. The second-order valence-corrected chi connectivity index (χ2v) is 6.82. The summed E-state index contributed by atoms with van der Waals surface area (Å²) in [5.41, 5.74) is 3.80.